The number of hydrazone groups is 1. The Kier molecular flexibility index (Phi) is 3.73. The number of esters is 1. The van der Waals surface area contributed by atoms with Crippen LogP contribution in [0.25, 0.3) is 0 Å². The zero-order valence-electron chi connectivity index (χ0n) is 12.6. The first-order chi connectivity index (χ1) is 11.1. The normalized spacial score (nSPS) is 22.5. The number of anilines is 1. The molecule has 2 amide bonds. The van der Waals surface area contributed by atoms with E-state index in [4.69, 9.17) is 9.47 Å². The van der Waals surface area contributed by atoms with Crippen LogP contribution in [-0.4, -0.2) is 43.3 Å². The predicted octanol–water partition coefficient (Wildman–Crippen LogP) is 0.0755. The standard InChI is InChI=1S/C15H15N3O5/c1-3-23-15(21)12-10-11(16-17-12)14(20)18(13(10)19)8-5-4-6-9(7-8)22-2/h4-7,10-11,16H,3H2,1-2H3/t10-,11-/m0/s1. The summed E-state index contributed by atoms with van der Waals surface area (Å²) in [5, 5.41) is 3.80. The highest BCUT2D eigenvalue weighted by Crippen LogP contribution is 2.32. The van der Waals surface area contributed by atoms with Gasteiger partial charge in [-0.25, -0.2) is 9.69 Å². The number of ether oxygens (including phenoxy) is 2. The molecule has 1 N–H and O–H groups in total. The molecule has 0 bridgehead atoms. The molecule has 23 heavy (non-hydrogen) atoms. The number of methoxy groups -OCH3 is 1. The Balaban J connectivity index is 1.92. The zero-order chi connectivity index (χ0) is 16.6. The number of nitrogens with zero attached hydrogens (tertiary/aromatic N) is 2. The van der Waals surface area contributed by atoms with Gasteiger partial charge in [0, 0.05) is 6.07 Å². The van der Waals surface area contributed by atoms with Gasteiger partial charge >= 0.3 is 5.97 Å². The van der Waals surface area contributed by atoms with E-state index in [1.165, 1.54) is 7.11 Å². The van der Waals surface area contributed by atoms with Crippen molar-refractivity contribution in [3.63, 3.8) is 0 Å². The van der Waals surface area contributed by atoms with Crippen molar-refractivity contribution in [2.45, 2.75) is 13.0 Å². The first-order valence-corrected chi connectivity index (χ1v) is 7.10. The maximum Gasteiger partial charge on any atom is 0.355 e. The van der Waals surface area contributed by atoms with Gasteiger partial charge in [-0.05, 0) is 19.1 Å². The second-order valence-corrected chi connectivity index (χ2v) is 5.02. The lowest BCUT2D eigenvalue weighted by atomic mass is 9.99. The second kappa shape index (κ2) is 5.71. The molecule has 1 saturated heterocycles. The van der Waals surface area contributed by atoms with E-state index < -0.39 is 29.7 Å². The van der Waals surface area contributed by atoms with Crippen molar-refractivity contribution in [2.24, 2.45) is 11.0 Å². The molecule has 0 aliphatic carbocycles. The fourth-order valence-corrected chi connectivity index (χ4v) is 2.67. The highest BCUT2D eigenvalue weighted by Gasteiger charge is 2.55. The summed E-state index contributed by atoms with van der Waals surface area (Å²) in [5.41, 5.74) is 2.88. The summed E-state index contributed by atoms with van der Waals surface area (Å²) in [5.74, 6) is -2.11. The Morgan fingerprint density at radius 1 is 1.35 bits per heavy atom. The summed E-state index contributed by atoms with van der Waals surface area (Å²) in [7, 11) is 1.49. The molecule has 1 aromatic carbocycles. The van der Waals surface area contributed by atoms with Gasteiger partial charge in [0.2, 0.25) is 5.91 Å². The molecule has 2 atom stereocenters. The van der Waals surface area contributed by atoms with Crippen molar-refractivity contribution in [3.8, 4) is 5.75 Å². The number of nitrogens with one attached hydrogen (secondary N) is 1. The van der Waals surface area contributed by atoms with E-state index in [2.05, 4.69) is 10.5 Å². The van der Waals surface area contributed by atoms with Crippen LogP contribution in [0.3, 0.4) is 0 Å². The number of carbonyl (C=O) groups excluding carboxylic acids is 3. The molecule has 0 spiro atoms. The molecule has 120 valence electrons. The summed E-state index contributed by atoms with van der Waals surface area (Å²) in [6.07, 6.45) is 0. The minimum atomic E-state index is -0.965. The average molecular weight is 317 g/mol. The largest absolute Gasteiger partial charge is 0.497 e. The van der Waals surface area contributed by atoms with Gasteiger partial charge in [-0.2, -0.15) is 5.10 Å². The monoisotopic (exact) mass is 317 g/mol. The van der Waals surface area contributed by atoms with Gasteiger partial charge in [0.05, 0.1) is 19.4 Å². The molecule has 0 saturated carbocycles. The van der Waals surface area contributed by atoms with Crippen molar-refractivity contribution >= 4 is 29.2 Å². The third-order valence-electron chi connectivity index (χ3n) is 3.72. The van der Waals surface area contributed by atoms with Crippen LogP contribution < -0.4 is 15.1 Å². The summed E-state index contributed by atoms with van der Waals surface area (Å²) >= 11 is 0. The number of carbonyl (C=O) groups is 3. The quantitative estimate of drug-likeness (QED) is 0.624. The van der Waals surface area contributed by atoms with Crippen molar-refractivity contribution in [2.75, 3.05) is 18.6 Å². The molecule has 0 radical (unpaired) electrons. The Hall–Kier alpha value is -2.90. The van der Waals surface area contributed by atoms with Gasteiger partial charge < -0.3 is 9.47 Å². The Bertz CT molecular complexity index is 715. The number of amides is 2. The van der Waals surface area contributed by atoms with Crippen LogP contribution in [-0.2, 0) is 19.1 Å². The molecule has 8 heteroatoms. The minimum absolute atomic E-state index is 0.0689. The average Bonchev–Trinajstić information content (AvgIpc) is 3.09. The third-order valence-corrected chi connectivity index (χ3v) is 3.72. The molecule has 2 aliphatic rings. The lowest BCUT2D eigenvalue weighted by Gasteiger charge is -2.16. The summed E-state index contributed by atoms with van der Waals surface area (Å²) in [4.78, 5) is 38.1. The summed E-state index contributed by atoms with van der Waals surface area (Å²) in [6.45, 7) is 1.82. The number of hydrogen-bond acceptors (Lipinski definition) is 7. The number of rotatable bonds is 4. The topological polar surface area (TPSA) is 97.3 Å². The van der Waals surface area contributed by atoms with Crippen LogP contribution in [0, 0.1) is 5.92 Å². The Labute approximate surface area is 132 Å². The van der Waals surface area contributed by atoms with Crippen LogP contribution in [0.1, 0.15) is 6.92 Å². The number of fused-ring (bicyclic) bond motifs is 1. The molecular weight excluding hydrogens is 302 g/mol. The molecule has 1 fully saturated rings. The van der Waals surface area contributed by atoms with Gasteiger partial charge in [0.25, 0.3) is 5.91 Å². The van der Waals surface area contributed by atoms with E-state index >= 15 is 0 Å². The Morgan fingerprint density at radius 3 is 2.83 bits per heavy atom. The number of imide groups is 1. The van der Waals surface area contributed by atoms with Crippen LogP contribution in [0.15, 0.2) is 29.4 Å². The van der Waals surface area contributed by atoms with E-state index in [0.29, 0.717) is 11.4 Å². The summed E-state index contributed by atoms with van der Waals surface area (Å²) < 4.78 is 9.99. The van der Waals surface area contributed by atoms with Crippen LogP contribution >= 0.6 is 0 Å². The minimum Gasteiger partial charge on any atom is -0.497 e. The van der Waals surface area contributed by atoms with Gasteiger partial charge in [0.15, 0.2) is 5.71 Å². The fraction of sp³-hybridized carbons (Fsp3) is 0.333. The predicted molar refractivity (Wildman–Crippen MR) is 80.0 cm³/mol. The fourth-order valence-electron chi connectivity index (χ4n) is 2.67. The van der Waals surface area contributed by atoms with Crippen LogP contribution in [0.2, 0.25) is 0 Å². The van der Waals surface area contributed by atoms with Crippen LogP contribution in [0.5, 0.6) is 5.75 Å². The van der Waals surface area contributed by atoms with E-state index in [0.717, 1.165) is 4.90 Å². The first kappa shape index (κ1) is 15.0. The van der Waals surface area contributed by atoms with E-state index in [1.54, 1.807) is 31.2 Å². The van der Waals surface area contributed by atoms with Crippen molar-refractivity contribution in [3.05, 3.63) is 24.3 Å². The lowest BCUT2D eigenvalue weighted by Crippen LogP contribution is -2.36. The van der Waals surface area contributed by atoms with Crippen molar-refractivity contribution in [1.29, 1.82) is 0 Å². The molecule has 2 aliphatic heterocycles. The maximum atomic E-state index is 12.7. The third kappa shape index (κ3) is 2.32. The number of benzene rings is 1. The summed E-state index contributed by atoms with van der Waals surface area (Å²) in [6, 6.07) is 5.71. The van der Waals surface area contributed by atoms with Crippen LogP contribution in [0.4, 0.5) is 5.69 Å². The van der Waals surface area contributed by atoms with E-state index in [-0.39, 0.29) is 12.3 Å². The maximum absolute atomic E-state index is 12.7. The van der Waals surface area contributed by atoms with Gasteiger partial charge in [-0.15, -0.1) is 0 Å². The number of hydrogen-bond donors (Lipinski definition) is 1. The molecule has 0 unspecified atom stereocenters. The zero-order valence-corrected chi connectivity index (χ0v) is 12.6. The molecule has 2 heterocycles. The molecule has 1 aromatic rings. The highest BCUT2D eigenvalue weighted by atomic mass is 16.5. The van der Waals surface area contributed by atoms with E-state index in [9.17, 15) is 14.4 Å². The van der Waals surface area contributed by atoms with Gasteiger partial charge in [-0.1, -0.05) is 6.07 Å². The molecule has 3 rings (SSSR count). The van der Waals surface area contributed by atoms with E-state index in [1.807, 2.05) is 0 Å². The van der Waals surface area contributed by atoms with Gasteiger partial charge in [0.1, 0.15) is 17.7 Å². The smallest absolute Gasteiger partial charge is 0.355 e. The van der Waals surface area contributed by atoms with Crippen molar-refractivity contribution in [1.82, 2.24) is 5.43 Å². The Morgan fingerprint density at radius 2 is 2.13 bits per heavy atom. The first-order valence-electron chi connectivity index (χ1n) is 7.10. The van der Waals surface area contributed by atoms with Crippen molar-refractivity contribution < 1.29 is 23.9 Å². The SMILES string of the molecule is CCOC(=O)C1=NN[C@@H]2C(=O)N(c3cccc(OC)c3)C(=O)[C@H]12. The second-order valence-electron chi connectivity index (χ2n) is 5.02. The lowest BCUT2D eigenvalue weighted by molar-refractivity contribution is -0.136. The highest BCUT2D eigenvalue weighted by molar-refractivity contribution is 6.46. The molecule has 0 aromatic heterocycles. The molecular formula is C15H15N3O5. The molecule has 8 nitrogen and oxygen atoms in total. The van der Waals surface area contributed by atoms with Gasteiger partial charge in [-0.3, -0.25) is 15.0 Å².